The lowest BCUT2D eigenvalue weighted by Crippen LogP contribution is -2.32. The standard InChI is InChI=1S/C15H25NO3/c1-4-8-16-15(13-7-9-18-11(13)2)14-6-5-12(19-14)10-17-3/h5-6,11,13,15-16H,4,7-10H2,1-3H3. The van der Waals surface area contributed by atoms with Gasteiger partial charge in [-0.2, -0.15) is 0 Å². The monoisotopic (exact) mass is 267 g/mol. The van der Waals surface area contributed by atoms with Crippen molar-refractivity contribution < 1.29 is 13.9 Å². The maximum atomic E-state index is 5.90. The second-order valence-corrected chi connectivity index (χ2v) is 5.20. The van der Waals surface area contributed by atoms with Crippen LogP contribution < -0.4 is 5.32 Å². The zero-order valence-corrected chi connectivity index (χ0v) is 12.1. The van der Waals surface area contributed by atoms with Crippen molar-refractivity contribution in [1.82, 2.24) is 5.32 Å². The fourth-order valence-corrected chi connectivity index (χ4v) is 2.73. The van der Waals surface area contributed by atoms with Crippen molar-refractivity contribution in [3.63, 3.8) is 0 Å². The summed E-state index contributed by atoms with van der Waals surface area (Å²) in [4.78, 5) is 0. The van der Waals surface area contributed by atoms with Gasteiger partial charge < -0.3 is 19.2 Å². The third-order valence-electron chi connectivity index (χ3n) is 3.75. The van der Waals surface area contributed by atoms with Crippen LogP contribution in [0.15, 0.2) is 16.5 Å². The van der Waals surface area contributed by atoms with Crippen LogP contribution in [0.1, 0.15) is 44.3 Å². The van der Waals surface area contributed by atoms with Gasteiger partial charge in [-0.3, -0.25) is 0 Å². The summed E-state index contributed by atoms with van der Waals surface area (Å²) in [5.74, 6) is 2.36. The molecular weight excluding hydrogens is 242 g/mol. The maximum Gasteiger partial charge on any atom is 0.129 e. The quantitative estimate of drug-likeness (QED) is 0.825. The van der Waals surface area contributed by atoms with E-state index >= 15 is 0 Å². The van der Waals surface area contributed by atoms with Crippen LogP contribution in [0.2, 0.25) is 0 Å². The molecule has 2 rings (SSSR count). The fourth-order valence-electron chi connectivity index (χ4n) is 2.73. The first-order valence-corrected chi connectivity index (χ1v) is 7.18. The van der Waals surface area contributed by atoms with Gasteiger partial charge in [0.25, 0.3) is 0 Å². The Morgan fingerprint density at radius 2 is 2.32 bits per heavy atom. The Morgan fingerprint density at radius 3 is 2.95 bits per heavy atom. The summed E-state index contributed by atoms with van der Waals surface area (Å²) in [6, 6.07) is 4.30. The number of hydrogen-bond acceptors (Lipinski definition) is 4. The van der Waals surface area contributed by atoms with Gasteiger partial charge in [0.2, 0.25) is 0 Å². The van der Waals surface area contributed by atoms with Crippen molar-refractivity contribution in [3.8, 4) is 0 Å². The van der Waals surface area contributed by atoms with Crippen LogP contribution in [0.25, 0.3) is 0 Å². The molecule has 1 aromatic heterocycles. The van der Waals surface area contributed by atoms with E-state index in [4.69, 9.17) is 13.9 Å². The predicted octanol–water partition coefficient (Wildman–Crippen LogP) is 2.89. The molecule has 1 aromatic rings. The highest BCUT2D eigenvalue weighted by Gasteiger charge is 2.34. The molecule has 19 heavy (non-hydrogen) atoms. The van der Waals surface area contributed by atoms with Crippen LogP contribution in [-0.2, 0) is 16.1 Å². The number of rotatable bonds is 7. The Bertz CT molecular complexity index is 377. The van der Waals surface area contributed by atoms with Gasteiger partial charge in [-0.25, -0.2) is 0 Å². The van der Waals surface area contributed by atoms with Crippen molar-refractivity contribution >= 4 is 0 Å². The lowest BCUT2D eigenvalue weighted by molar-refractivity contribution is 0.0914. The fraction of sp³-hybridized carbons (Fsp3) is 0.733. The molecule has 0 bridgehead atoms. The van der Waals surface area contributed by atoms with Crippen molar-refractivity contribution in [1.29, 1.82) is 0 Å². The molecule has 0 aromatic carbocycles. The molecule has 3 atom stereocenters. The summed E-state index contributed by atoms with van der Waals surface area (Å²) in [6.07, 6.45) is 2.48. The number of methoxy groups -OCH3 is 1. The van der Waals surface area contributed by atoms with Gasteiger partial charge in [0.1, 0.15) is 18.1 Å². The van der Waals surface area contributed by atoms with Gasteiger partial charge in [-0.05, 0) is 38.4 Å². The largest absolute Gasteiger partial charge is 0.462 e. The second-order valence-electron chi connectivity index (χ2n) is 5.20. The molecule has 0 saturated carbocycles. The molecule has 3 unspecified atom stereocenters. The molecule has 0 aliphatic carbocycles. The average molecular weight is 267 g/mol. The Kier molecular flexibility index (Phi) is 5.43. The van der Waals surface area contributed by atoms with Crippen molar-refractivity contribution in [2.75, 3.05) is 20.3 Å². The number of hydrogen-bond donors (Lipinski definition) is 1. The second kappa shape index (κ2) is 7.08. The van der Waals surface area contributed by atoms with Crippen molar-refractivity contribution in [2.45, 2.75) is 45.4 Å². The number of nitrogens with one attached hydrogen (secondary N) is 1. The van der Waals surface area contributed by atoms with E-state index in [1.165, 1.54) is 0 Å². The van der Waals surface area contributed by atoms with Gasteiger partial charge in [0.15, 0.2) is 0 Å². The Morgan fingerprint density at radius 1 is 1.47 bits per heavy atom. The molecule has 0 radical (unpaired) electrons. The molecule has 1 aliphatic heterocycles. The first-order valence-electron chi connectivity index (χ1n) is 7.18. The van der Waals surface area contributed by atoms with E-state index in [1.54, 1.807) is 7.11 Å². The SMILES string of the molecule is CCCNC(c1ccc(COC)o1)C1CCOC1C. The molecule has 0 spiro atoms. The first-order chi connectivity index (χ1) is 9.26. The summed E-state index contributed by atoms with van der Waals surface area (Å²) >= 11 is 0. The van der Waals surface area contributed by atoms with Crippen LogP contribution in [0.5, 0.6) is 0 Å². The van der Waals surface area contributed by atoms with E-state index in [2.05, 4.69) is 25.2 Å². The Hall–Kier alpha value is -0.840. The molecule has 1 N–H and O–H groups in total. The van der Waals surface area contributed by atoms with Gasteiger partial charge in [-0.15, -0.1) is 0 Å². The highest BCUT2D eigenvalue weighted by molar-refractivity contribution is 5.12. The van der Waals surface area contributed by atoms with Crippen LogP contribution in [0.3, 0.4) is 0 Å². The van der Waals surface area contributed by atoms with Crippen LogP contribution in [0.4, 0.5) is 0 Å². The normalized spacial score (nSPS) is 24.8. The summed E-state index contributed by atoms with van der Waals surface area (Å²) in [6.45, 7) is 6.70. The molecule has 4 heteroatoms. The van der Waals surface area contributed by atoms with E-state index < -0.39 is 0 Å². The van der Waals surface area contributed by atoms with Gasteiger partial charge >= 0.3 is 0 Å². The van der Waals surface area contributed by atoms with Gasteiger partial charge in [-0.1, -0.05) is 6.92 Å². The number of ether oxygens (including phenoxy) is 2. The molecule has 4 nitrogen and oxygen atoms in total. The lowest BCUT2D eigenvalue weighted by Gasteiger charge is -2.25. The smallest absolute Gasteiger partial charge is 0.129 e. The van der Waals surface area contributed by atoms with Crippen LogP contribution in [-0.4, -0.2) is 26.4 Å². The molecule has 1 saturated heterocycles. The summed E-state index contributed by atoms with van der Waals surface area (Å²) in [7, 11) is 1.68. The van der Waals surface area contributed by atoms with E-state index in [9.17, 15) is 0 Å². The summed E-state index contributed by atoms with van der Waals surface area (Å²) < 4.78 is 16.7. The number of furan rings is 1. The minimum absolute atomic E-state index is 0.239. The van der Waals surface area contributed by atoms with E-state index in [-0.39, 0.29) is 12.1 Å². The van der Waals surface area contributed by atoms with Crippen molar-refractivity contribution in [3.05, 3.63) is 23.7 Å². The summed E-state index contributed by atoms with van der Waals surface area (Å²) in [5.41, 5.74) is 0. The maximum absolute atomic E-state index is 5.90. The molecule has 2 heterocycles. The highest BCUT2D eigenvalue weighted by atomic mass is 16.5. The molecular formula is C15H25NO3. The Labute approximate surface area is 115 Å². The lowest BCUT2D eigenvalue weighted by atomic mass is 9.91. The molecule has 1 fully saturated rings. The topological polar surface area (TPSA) is 43.6 Å². The minimum atomic E-state index is 0.239. The molecule has 1 aliphatic rings. The van der Waals surface area contributed by atoms with E-state index in [0.29, 0.717) is 12.5 Å². The predicted molar refractivity (Wildman–Crippen MR) is 74.0 cm³/mol. The summed E-state index contributed by atoms with van der Waals surface area (Å²) in [5, 5.41) is 3.60. The molecule has 0 amide bonds. The van der Waals surface area contributed by atoms with E-state index in [0.717, 1.165) is 37.5 Å². The van der Waals surface area contributed by atoms with E-state index in [1.807, 2.05) is 6.07 Å². The zero-order chi connectivity index (χ0) is 13.7. The minimum Gasteiger partial charge on any atom is -0.462 e. The third-order valence-corrected chi connectivity index (χ3v) is 3.75. The third kappa shape index (κ3) is 3.59. The Balaban J connectivity index is 2.10. The zero-order valence-electron chi connectivity index (χ0n) is 12.1. The highest BCUT2D eigenvalue weighted by Crippen LogP contribution is 2.34. The van der Waals surface area contributed by atoms with Crippen molar-refractivity contribution in [2.24, 2.45) is 5.92 Å². The molecule has 108 valence electrons. The van der Waals surface area contributed by atoms with Gasteiger partial charge in [0.05, 0.1) is 12.1 Å². The first kappa shape index (κ1) is 14.6. The van der Waals surface area contributed by atoms with Crippen LogP contribution in [0, 0.1) is 5.92 Å². The van der Waals surface area contributed by atoms with Crippen LogP contribution >= 0.6 is 0 Å². The average Bonchev–Trinajstić information content (AvgIpc) is 3.01. The van der Waals surface area contributed by atoms with Gasteiger partial charge in [0, 0.05) is 19.6 Å².